The van der Waals surface area contributed by atoms with Crippen LogP contribution in [0, 0.1) is 22.6 Å². The number of rotatable bonds is 8. The van der Waals surface area contributed by atoms with Gasteiger partial charge in [0.1, 0.15) is 11.9 Å². The lowest BCUT2D eigenvalue weighted by molar-refractivity contribution is -0.242. The van der Waals surface area contributed by atoms with Crippen molar-refractivity contribution in [1.82, 2.24) is 0 Å². The summed E-state index contributed by atoms with van der Waals surface area (Å²) in [4.78, 5) is 11.9. The topological polar surface area (TPSA) is 118 Å². The number of anilines is 2. The fourth-order valence-corrected chi connectivity index (χ4v) is 5.22. The molecule has 1 atom stereocenters. The van der Waals surface area contributed by atoms with Gasteiger partial charge >= 0.3 is 12.3 Å². The van der Waals surface area contributed by atoms with Gasteiger partial charge in [0.05, 0.1) is 35.7 Å². The molecule has 0 saturated heterocycles. The Morgan fingerprint density at radius 2 is 1.85 bits per heavy atom. The number of amides is 1. The number of nitriles is 1. The summed E-state index contributed by atoms with van der Waals surface area (Å²) in [6, 6.07) is 9.09. The molecule has 3 rings (SSSR count). The van der Waals surface area contributed by atoms with Gasteiger partial charge in [-0.05, 0) is 70.9 Å². The molecule has 0 fully saturated rings. The molecule has 9 nitrogen and oxygen atoms in total. The molecule has 1 unspecified atom stereocenters. The van der Waals surface area contributed by atoms with Crippen molar-refractivity contribution in [3.05, 3.63) is 42.2 Å². The third kappa shape index (κ3) is 6.70. The molecule has 1 heterocycles. The van der Waals surface area contributed by atoms with Gasteiger partial charge in [-0.25, -0.2) is 17.6 Å². The van der Waals surface area contributed by atoms with Crippen molar-refractivity contribution in [3.63, 3.8) is 0 Å². The van der Waals surface area contributed by atoms with Crippen molar-refractivity contribution in [3.8, 4) is 17.6 Å². The Bertz CT molecular complexity index is 1420. The average molecular weight is 588 g/mol. The number of carbonyl (C=O) groups excluding carboxylic acids is 1. The van der Waals surface area contributed by atoms with Gasteiger partial charge in [0.2, 0.25) is 5.60 Å². The third-order valence-corrected chi connectivity index (χ3v) is 8.05. The average Bonchev–Trinajstić information content (AvgIpc) is 2.86. The zero-order valence-electron chi connectivity index (χ0n) is 22.4. The fourth-order valence-electron chi connectivity index (χ4n) is 3.71. The SMILES string of the molecule is COc1cc(S(=O)(=O)N2CC(CCC(C)(C)C#N)Oc3ccc(NC(=O)OC(C)(C)C(F)(F)F)cc32)ccc1F. The number of carbonyl (C=O) groups is 1. The molecule has 2 aromatic carbocycles. The molecule has 0 spiro atoms. The van der Waals surface area contributed by atoms with Crippen LogP contribution < -0.4 is 19.1 Å². The molecule has 1 N–H and O–H groups in total. The Morgan fingerprint density at radius 3 is 2.45 bits per heavy atom. The highest BCUT2D eigenvalue weighted by molar-refractivity contribution is 7.92. The molecule has 0 saturated carbocycles. The van der Waals surface area contributed by atoms with Crippen molar-refractivity contribution in [2.24, 2.45) is 5.41 Å². The van der Waals surface area contributed by atoms with Crippen LogP contribution in [0.1, 0.15) is 40.5 Å². The summed E-state index contributed by atoms with van der Waals surface area (Å²) in [5.74, 6) is -0.960. The number of alkyl halides is 3. The number of methoxy groups -OCH3 is 1. The monoisotopic (exact) mass is 587 g/mol. The zero-order valence-corrected chi connectivity index (χ0v) is 23.2. The van der Waals surface area contributed by atoms with E-state index >= 15 is 0 Å². The predicted molar refractivity (Wildman–Crippen MR) is 137 cm³/mol. The minimum Gasteiger partial charge on any atom is -0.494 e. The van der Waals surface area contributed by atoms with Gasteiger partial charge in [-0.2, -0.15) is 18.4 Å². The molecule has 14 heteroatoms. The molecule has 218 valence electrons. The summed E-state index contributed by atoms with van der Waals surface area (Å²) in [5, 5.41) is 11.5. The van der Waals surface area contributed by atoms with E-state index in [2.05, 4.69) is 16.1 Å². The number of fused-ring (bicyclic) bond motifs is 1. The van der Waals surface area contributed by atoms with Gasteiger partial charge < -0.3 is 14.2 Å². The molecule has 1 aliphatic heterocycles. The molecule has 0 bridgehead atoms. The maximum Gasteiger partial charge on any atom is 0.427 e. The smallest absolute Gasteiger partial charge is 0.427 e. The normalized spacial score (nSPS) is 15.9. The van der Waals surface area contributed by atoms with Crippen LogP contribution in [-0.2, 0) is 14.8 Å². The number of halogens is 4. The minimum atomic E-state index is -4.83. The first-order chi connectivity index (χ1) is 18.4. The quantitative estimate of drug-likeness (QED) is 0.376. The second kappa shape index (κ2) is 11.0. The lowest BCUT2D eigenvalue weighted by atomic mass is 9.88. The first-order valence-electron chi connectivity index (χ1n) is 12.1. The van der Waals surface area contributed by atoms with Crippen molar-refractivity contribution in [1.29, 1.82) is 5.26 Å². The first-order valence-corrected chi connectivity index (χ1v) is 13.5. The molecule has 0 radical (unpaired) electrons. The van der Waals surface area contributed by atoms with Crippen LogP contribution in [0.25, 0.3) is 0 Å². The van der Waals surface area contributed by atoms with Gasteiger partial charge in [-0.15, -0.1) is 0 Å². The van der Waals surface area contributed by atoms with Gasteiger partial charge in [0.25, 0.3) is 10.0 Å². The highest BCUT2D eigenvalue weighted by Crippen LogP contribution is 2.41. The van der Waals surface area contributed by atoms with Gasteiger partial charge in [-0.3, -0.25) is 9.62 Å². The van der Waals surface area contributed by atoms with E-state index in [1.807, 2.05) is 0 Å². The van der Waals surface area contributed by atoms with E-state index in [-0.39, 0.29) is 34.3 Å². The van der Waals surface area contributed by atoms with Crippen molar-refractivity contribution in [2.75, 3.05) is 23.3 Å². The largest absolute Gasteiger partial charge is 0.494 e. The first kappa shape index (κ1) is 30.8. The van der Waals surface area contributed by atoms with Crippen molar-refractivity contribution >= 4 is 27.5 Å². The summed E-state index contributed by atoms with van der Waals surface area (Å²) in [7, 11) is -3.18. The predicted octanol–water partition coefficient (Wildman–Crippen LogP) is 6.01. The van der Waals surface area contributed by atoms with Crippen LogP contribution >= 0.6 is 0 Å². The lowest BCUT2D eigenvalue weighted by Crippen LogP contribution is -2.44. The van der Waals surface area contributed by atoms with E-state index < -0.39 is 45.2 Å². The molecule has 0 aromatic heterocycles. The third-order valence-electron chi connectivity index (χ3n) is 6.27. The van der Waals surface area contributed by atoms with E-state index in [0.717, 1.165) is 22.5 Å². The van der Waals surface area contributed by atoms with Gasteiger partial charge in [-0.1, -0.05) is 0 Å². The number of nitrogens with one attached hydrogen (secondary N) is 1. The number of sulfonamides is 1. The van der Waals surface area contributed by atoms with E-state index in [1.165, 1.54) is 25.3 Å². The number of benzene rings is 2. The highest BCUT2D eigenvalue weighted by atomic mass is 32.2. The number of hydrogen-bond donors (Lipinski definition) is 1. The van der Waals surface area contributed by atoms with Crippen LogP contribution in [0.15, 0.2) is 41.3 Å². The maximum atomic E-state index is 14.0. The second-order valence-electron chi connectivity index (χ2n) is 10.3. The zero-order chi connectivity index (χ0) is 30.1. The summed E-state index contributed by atoms with van der Waals surface area (Å²) in [6.45, 7) is 4.64. The summed E-state index contributed by atoms with van der Waals surface area (Å²) in [5.41, 5.74) is -3.57. The Morgan fingerprint density at radius 1 is 1.18 bits per heavy atom. The van der Waals surface area contributed by atoms with Crippen LogP contribution in [0.5, 0.6) is 11.5 Å². The molecule has 40 heavy (non-hydrogen) atoms. The van der Waals surface area contributed by atoms with E-state index in [1.54, 1.807) is 13.8 Å². The number of nitrogens with zero attached hydrogens (tertiary/aromatic N) is 2. The van der Waals surface area contributed by atoms with Crippen LogP contribution in [0.3, 0.4) is 0 Å². The molecular weight excluding hydrogens is 558 g/mol. The van der Waals surface area contributed by atoms with Gasteiger partial charge in [0.15, 0.2) is 11.6 Å². The molecule has 2 aromatic rings. The van der Waals surface area contributed by atoms with E-state index in [9.17, 15) is 36.0 Å². The Kier molecular flexibility index (Phi) is 8.50. The number of hydrogen-bond acceptors (Lipinski definition) is 7. The van der Waals surface area contributed by atoms with Crippen LogP contribution in [0.2, 0.25) is 0 Å². The second-order valence-corrected chi connectivity index (χ2v) is 12.2. The van der Waals surface area contributed by atoms with Crippen LogP contribution in [-0.4, -0.2) is 46.0 Å². The lowest BCUT2D eigenvalue weighted by Gasteiger charge is -2.36. The van der Waals surface area contributed by atoms with Gasteiger partial charge in [0, 0.05) is 11.8 Å². The highest BCUT2D eigenvalue weighted by Gasteiger charge is 2.51. The summed E-state index contributed by atoms with van der Waals surface area (Å²) >= 11 is 0. The Balaban J connectivity index is 2.00. The fraction of sp³-hybridized carbons (Fsp3) is 0.462. The molecular formula is C26H29F4N3O6S. The van der Waals surface area contributed by atoms with E-state index in [4.69, 9.17) is 9.47 Å². The standard InChI is InChI=1S/C26H29F4N3O6S/c1-24(2,15-31)11-10-17-14-33(40(35,36)18-7-8-19(27)22(13-18)37-5)20-12-16(6-9-21(20)38-17)32-23(34)39-25(3,4)26(28,29)30/h6-9,12-13,17H,10-11,14H2,1-5H3,(H,32,34). The van der Waals surface area contributed by atoms with Crippen LogP contribution in [0.4, 0.5) is 33.7 Å². The maximum absolute atomic E-state index is 14.0. The Hall–Kier alpha value is -3.73. The van der Waals surface area contributed by atoms with Crippen molar-refractivity contribution in [2.45, 2.75) is 63.3 Å². The van der Waals surface area contributed by atoms with E-state index in [0.29, 0.717) is 26.7 Å². The van der Waals surface area contributed by atoms with Crippen molar-refractivity contribution < 1.29 is 45.0 Å². The molecule has 1 aliphatic rings. The molecule has 1 amide bonds. The summed E-state index contributed by atoms with van der Waals surface area (Å²) in [6.07, 6.45) is -6.20. The molecule has 0 aliphatic carbocycles. The summed E-state index contributed by atoms with van der Waals surface area (Å²) < 4.78 is 97.4. The minimum absolute atomic E-state index is 0.0213. The number of ether oxygens (including phenoxy) is 3. The Labute approximate surface area is 229 Å².